The Kier molecular flexibility index (Phi) is 4.06. The van der Waals surface area contributed by atoms with Crippen LogP contribution in [0.2, 0.25) is 0 Å². The standard InChI is InChI=1S/C10H7F6NO2/c1-2-19-8(18)6-5(9(11,12)13)3-4-17-7(6)10(14,15)16/h3-4H,2H2,1H3. The van der Waals surface area contributed by atoms with E-state index in [0.717, 1.165) is 0 Å². The number of alkyl halides is 6. The van der Waals surface area contributed by atoms with Crippen LogP contribution in [0.15, 0.2) is 12.3 Å². The van der Waals surface area contributed by atoms with Gasteiger partial charge < -0.3 is 4.74 Å². The summed E-state index contributed by atoms with van der Waals surface area (Å²) < 4.78 is 79.8. The molecule has 0 bridgehead atoms. The maximum atomic E-state index is 12.6. The zero-order chi connectivity index (χ0) is 14.8. The van der Waals surface area contributed by atoms with Gasteiger partial charge in [0.05, 0.1) is 12.2 Å². The minimum Gasteiger partial charge on any atom is -0.462 e. The summed E-state index contributed by atoms with van der Waals surface area (Å²) in [4.78, 5) is 14.1. The first-order chi connectivity index (χ1) is 8.59. The molecule has 0 saturated carbocycles. The van der Waals surface area contributed by atoms with Gasteiger partial charge in [0.1, 0.15) is 5.56 Å². The average molecular weight is 287 g/mol. The molecular weight excluding hydrogens is 280 g/mol. The van der Waals surface area contributed by atoms with Gasteiger partial charge in [0.2, 0.25) is 0 Å². The van der Waals surface area contributed by atoms with Crippen LogP contribution in [-0.4, -0.2) is 17.6 Å². The predicted octanol–water partition coefficient (Wildman–Crippen LogP) is 3.30. The summed E-state index contributed by atoms with van der Waals surface area (Å²) in [6.07, 6.45) is -9.97. The molecular formula is C10H7F6NO2. The fraction of sp³-hybridized carbons (Fsp3) is 0.400. The smallest absolute Gasteiger partial charge is 0.434 e. The van der Waals surface area contributed by atoms with Gasteiger partial charge in [0.25, 0.3) is 0 Å². The van der Waals surface area contributed by atoms with Crippen LogP contribution in [0, 0.1) is 0 Å². The Morgan fingerprint density at radius 2 is 1.79 bits per heavy atom. The number of hydrogen-bond donors (Lipinski definition) is 0. The average Bonchev–Trinajstić information content (AvgIpc) is 2.26. The Labute approximate surface area is 103 Å². The Morgan fingerprint density at radius 3 is 2.21 bits per heavy atom. The first kappa shape index (κ1) is 15.3. The summed E-state index contributed by atoms with van der Waals surface area (Å²) in [7, 11) is 0. The molecule has 0 amide bonds. The van der Waals surface area contributed by atoms with Crippen LogP contribution >= 0.6 is 0 Å². The normalized spacial score (nSPS) is 12.4. The molecule has 9 heteroatoms. The molecule has 0 atom stereocenters. The van der Waals surface area contributed by atoms with Gasteiger partial charge in [-0.15, -0.1) is 0 Å². The van der Waals surface area contributed by atoms with Gasteiger partial charge in [-0.3, -0.25) is 4.98 Å². The summed E-state index contributed by atoms with van der Waals surface area (Å²) >= 11 is 0. The minimum atomic E-state index is -5.19. The lowest BCUT2D eigenvalue weighted by molar-refractivity contribution is -0.146. The molecule has 0 radical (unpaired) electrons. The number of esters is 1. The van der Waals surface area contributed by atoms with Crippen molar-refractivity contribution in [1.82, 2.24) is 4.98 Å². The molecule has 0 fully saturated rings. The Morgan fingerprint density at radius 1 is 1.21 bits per heavy atom. The second-order valence-corrected chi connectivity index (χ2v) is 3.30. The maximum Gasteiger partial charge on any atom is 0.434 e. The summed E-state index contributed by atoms with van der Waals surface area (Å²) in [6.45, 7) is 0.900. The van der Waals surface area contributed by atoms with Crippen molar-refractivity contribution in [3.63, 3.8) is 0 Å². The summed E-state index contributed by atoms with van der Waals surface area (Å²) in [6, 6.07) is 0.293. The van der Waals surface area contributed by atoms with Crippen LogP contribution in [0.25, 0.3) is 0 Å². The van der Waals surface area contributed by atoms with E-state index in [1.807, 2.05) is 0 Å². The zero-order valence-corrected chi connectivity index (χ0v) is 9.39. The van der Waals surface area contributed by atoms with Crippen molar-refractivity contribution in [2.75, 3.05) is 6.61 Å². The molecule has 106 valence electrons. The lowest BCUT2D eigenvalue weighted by Gasteiger charge is -2.16. The SMILES string of the molecule is CCOC(=O)c1c(C(F)(F)F)ccnc1C(F)(F)F. The molecule has 1 aromatic heterocycles. The van der Waals surface area contributed by atoms with Gasteiger partial charge in [0.15, 0.2) is 5.69 Å². The van der Waals surface area contributed by atoms with Crippen molar-refractivity contribution in [3.8, 4) is 0 Å². The van der Waals surface area contributed by atoms with Gasteiger partial charge >= 0.3 is 18.3 Å². The summed E-state index contributed by atoms with van der Waals surface area (Å²) in [5.41, 5.74) is -5.27. The highest BCUT2D eigenvalue weighted by atomic mass is 19.4. The Bertz CT molecular complexity index is 448. The van der Waals surface area contributed by atoms with E-state index in [2.05, 4.69) is 9.72 Å². The third-order valence-corrected chi connectivity index (χ3v) is 2.00. The molecule has 19 heavy (non-hydrogen) atoms. The highest BCUT2D eigenvalue weighted by Crippen LogP contribution is 2.38. The van der Waals surface area contributed by atoms with Crippen LogP contribution in [-0.2, 0) is 17.1 Å². The molecule has 0 unspecified atom stereocenters. The molecule has 1 rings (SSSR count). The van der Waals surface area contributed by atoms with Gasteiger partial charge in [0, 0.05) is 6.20 Å². The number of hydrogen-bond acceptors (Lipinski definition) is 3. The molecule has 3 nitrogen and oxygen atoms in total. The van der Waals surface area contributed by atoms with Gasteiger partial charge in [-0.2, -0.15) is 26.3 Å². The van der Waals surface area contributed by atoms with Crippen LogP contribution in [0.3, 0.4) is 0 Å². The number of nitrogens with zero attached hydrogens (tertiary/aromatic N) is 1. The van der Waals surface area contributed by atoms with E-state index in [0.29, 0.717) is 12.3 Å². The van der Waals surface area contributed by atoms with Gasteiger partial charge in [-0.25, -0.2) is 4.79 Å². The van der Waals surface area contributed by atoms with Crippen molar-refractivity contribution >= 4 is 5.97 Å². The molecule has 0 saturated heterocycles. The number of aromatic nitrogens is 1. The van der Waals surface area contributed by atoms with Crippen molar-refractivity contribution in [2.45, 2.75) is 19.3 Å². The number of carbonyl (C=O) groups excluding carboxylic acids is 1. The van der Waals surface area contributed by atoms with Crippen LogP contribution < -0.4 is 0 Å². The number of rotatable bonds is 2. The van der Waals surface area contributed by atoms with Crippen molar-refractivity contribution in [1.29, 1.82) is 0 Å². The number of halogens is 6. The molecule has 0 aliphatic carbocycles. The van der Waals surface area contributed by atoms with E-state index in [1.165, 1.54) is 6.92 Å². The monoisotopic (exact) mass is 287 g/mol. The van der Waals surface area contributed by atoms with Crippen LogP contribution in [0.4, 0.5) is 26.3 Å². The number of pyridine rings is 1. The maximum absolute atomic E-state index is 12.6. The number of ether oxygens (including phenoxy) is 1. The molecule has 1 aromatic rings. The molecule has 0 N–H and O–H groups in total. The summed E-state index contributed by atoms with van der Waals surface area (Å²) in [5.74, 6) is -1.71. The molecule has 0 aromatic carbocycles. The lowest BCUT2D eigenvalue weighted by Crippen LogP contribution is -2.22. The topological polar surface area (TPSA) is 39.2 Å². The van der Waals surface area contributed by atoms with E-state index in [1.54, 1.807) is 0 Å². The Hall–Kier alpha value is -1.80. The largest absolute Gasteiger partial charge is 0.462 e. The van der Waals surface area contributed by atoms with Crippen molar-refractivity contribution in [2.24, 2.45) is 0 Å². The number of carbonyl (C=O) groups is 1. The van der Waals surface area contributed by atoms with E-state index in [4.69, 9.17) is 0 Å². The van der Waals surface area contributed by atoms with Gasteiger partial charge in [-0.05, 0) is 13.0 Å². The Balaban J connectivity index is 3.55. The van der Waals surface area contributed by atoms with Crippen LogP contribution in [0.1, 0.15) is 28.5 Å². The molecule has 0 spiro atoms. The van der Waals surface area contributed by atoms with E-state index >= 15 is 0 Å². The first-order valence-corrected chi connectivity index (χ1v) is 4.89. The highest BCUT2D eigenvalue weighted by molar-refractivity contribution is 5.92. The van der Waals surface area contributed by atoms with E-state index < -0.39 is 35.1 Å². The molecule has 0 aliphatic heterocycles. The van der Waals surface area contributed by atoms with E-state index in [-0.39, 0.29) is 6.61 Å². The second kappa shape index (κ2) is 5.06. The fourth-order valence-corrected chi connectivity index (χ4v) is 1.32. The van der Waals surface area contributed by atoms with Gasteiger partial charge in [-0.1, -0.05) is 0 Å². The zero-order valence-electron chi connectivity index (χ0n) is 9.39. The van der Waals surface area contributed by atoms with Crippen molar-refractivity contribution < 1.29 is 35.9 Å². The van der Waals surface area contributed by atoms with Crippen LogP contribution in [0.5, 0.6) is 0 Å². The third-order valence-electron chi connectivity index (χ3n) is 2.00. The van der Waals surface area contributed by atoms with E-state index in [9.17, 15) is 31.1 Å². The molecule has 1 heterocycles. The third kappa shape index (κ3) is 3.36. The minimum absolute atomic E-state index is 0.293. The first-order valence-electron chi connectivity index (χ1n) is 4.89. The lowest BCUT2D eigenvalue weighted by atomic mass is 10.1. The summed E-state index contributed by atoms with van der Waals surface area (Å²) in [5, 5.41) is 0. The predicted molar refractivity (Wildman–Crippen MR) is 50.2 cm³/mol. The van der Waals surface area contributed by atoms with Crippen molar-refractivity contribution in [3.05, 3.63) is 29.1 Å². The molecule has 0 aliphatic rings. The second-order valence-electron chi connectivity index (χ2n) is 3.30. The highest BCUT2D eigenvalue weighted by Gasteiger charge is 2.44. The quantitative estimate of drug-likeness (QED) is 0.619. The fourth-order valence-electron chi connectivity index (χ4n) is 1.32.